The first-order valence-corrected chi connectivity index (χ1v) is 9.27. The molecule has 2 amide bonds. The molecular formula is C18H27N7O2. The van der Waals surface area contributed by atoms with Crippen LogP contribution in [0, 0.1) is 11.3 Å². The van der Waals surface area contributed by atoms with Crippen LogP contribution in [0.5, 0.6) is 0 Å². The van der Waals surface area contributed by atoms with Gasteiger partial charge in [0.15, 0.2) is 11.5 Å². The van der Waals surface area contributed by atoms with E-state index >= 15 is 0 Å². The van der Waals surface area contributed by atoms with Crippen molar-refractivity contribution in [3.63, 3.8) is 0 Å². The van der Waals surface area contributed by atoms with Gasteiger partial charge in [-0.3, -0.25) is 9.59 Å². The van der Waals surface area contributed by atoms with Gasteiger partial charge < -0.3 is 20.9 Å². The van der Waals surface area contributed by atoms with Crippen LogP contribution >= 0.6 is 0 Å². The number of anilines is 1. The number of hydrogen-bond donors (Lipinski definition) is 2. The second-order valence-electron chi connectivity index (χ2n) is 7.92. The van der Waals surface area contributed by atoms with Gasteiger partial charge >= 0.3 is 0 Å². The summed E-state index contributed by atoms with van der Waals surface area (Å²) in [7, 11) is 0. The SMILES string of the molecule is CC(C)(CC1CCCN(C(=O)CCn2cnc3c(N)ncnc32)C1)C(N)=O. The number of carbonyl (C=O) groups is 2. The number of aryl methyl sites for hydroxylation is 1. The molecule has 0 aromatic carbocycles. The van der Waals surface area contributed by atoms with E-state index in [0.717, 1.165) is 19.4 Å². The first-order chi connectivity index (χ1) is 12.8. The van der Waals surface area contributed by atoms with Crippen LogP contribution in [0.3, 0.4) is 0 Å². The standard InChI is InChI=1S/C18H27N7O2/c1-18(2,17(20)27)8-12-4-3-6-24(9-12)13(26)5-7-25-11-23-14-15(19)21-10-22-16(14)25/h10-12H,3-9H2,1-2H3,(H2,20,27)(H2,19,21,22). The van der Waals surface area contributed by atoms with Gasteiger partial charge in [0.2, 0.25) is 11.8 Å². The van der Waals surface area contributed by atoms with Crippen molar-refractivity contribution in [2.24, 2.45) is 17.1 Å². The van der Waals surface area contributed by atoms with Crippen LogP contribution in [0.1, 0.15) is 39.5 Å². The van der Waals surface area contributed by atoms with E-state index in [4.69, 9.17) is 11.5 Å². The van der Waals surface area contributed by atoms with E-state index in [9.17, 15) is 9.59 Å². The Kier molecular flexibility index (Phi) is 5.29. The van der Waals surface area contributed by atoms with E-state index < -0.39 is 5.41 Å². The lowest BCUT2D eigenvalue weighted by molar-refractivity contribution is -0.133. The van der Waals surface area contributed by atoms with Crippen molar-refractivity contribution in [2.45, 2.75) is 46.1 Å². The topological polar surface area (TPSA) is 133 Å². The monoisotopic (exact) mass is 373 g/mol. The number of nitrogens with zero attached hydrogens (tertiary/aromatic N) is 5. The molecule has 1 aliphatic rings. The predicted molar refractivity (Wildman–Crippen MR) is 101 cm³/mol. The van der Waals surface area contributed by atoms with E-state index in [1.165, 1.54) is 6.33 Å². The number of likely N-dealkylation sites (tertiary alicyclic amines) is 1. The van der Waals surface area contributed by atoms with E-state index in [0.29, 0.717) is 48.8 Å². The number of nitrogens with two attached hydrogens (primary N) is 2. The van der Waals surface area contributed by atoms with Gasteiger partial charge in [-0.25, -0.2) is 15.0 Å². The molecule has 4 N–H and O–H groups in total. The summed E-state index contributed by atoms with van der Waals surface area (Å²) < 4.78 is 1.82. The van der Waals surface area contributed by atoms with E-state index in [1.807, 2.05) is 23.3 Å². The summed E-state index contributed by atoms with van der Waals surface area (Å²) in [5, 5.41) is 0. The third kappa shape index (κ3) is 4.17. The Labute approximate surface area is 158 Å². The maximum absolute atomic E-state index is 12.7. The van der Waals surface area contributed by atoms with E-state index in [2.05, 4.69) is 15.0 Å². The number of primary amides is 1. The predicted octanol–water partition coefficient (Wildman–Crippen LogP) is 0.939. The lowest BCUT2D eigenvalue weighted by atomic mass is 9.79. The van der Waals surface area contributed by atoms with Crippen molar-refractivity contribution < 1.29 is 9.59 Å². The fourth-order valence-electron chi connectivity index (χ4n) is 3.72. The Balaban J connectivity index is 1.59. The summed E-state index contributed by atoms with van der Waals surface area (Å²) in [5.74, 6) is 0.437. The highest BCUT2D eigenvalue weighted by Crippen LogP contribution is 2.30. The number of imidazole rings is 1. The first-order valence-electron chi connectivity index (χ1n) is 9.27. The Morgan fingerprint density at radius 3 is 2.81 bits per heavy atom. The molecule has 0 bridgehead atoms. The second-order valence-corrected chi connectivity index (χ2v) is 7.92. The molecule has 0 spiro atoms. The van der Waals surface area contributed by atoms with Crippen LogP contribution in [0.15, 0.2) is 12.7 Å². The average Bonchev–Trinajstić information content (AvgIpc) is 3.04. The van der Waals surface area contributed by atoms with Gasteiger partial charge in [-0.1, -0.05) is 13.8 Å². The molecule has 27 heavy (non-hydrogen) atoms. The quantitative estimate of drug-likeness (QED) is 0.774. The molecule has 0 saturated carbocycles. The summed E-state index contributed by atoms with van der Waals surface area (Å²) in [5.41, 5.74) is 11.9. The third-order valence-corrected chi connectivity index (χ3v) is 5.33. The summed E-state index contributed by atoms with van der Waals surface area (Å²) in [6.07, 6.45) is 6.06. The molecule has 2 aromatic rings. The van der Waals surface area contributed by atoms with Crippen LogP contribution in [-0.4, -0.2) is 49.3 Å². The molecule has 3 rings (SSSR count). The zero-order valence-corrected chi connectivity index (χ0v) is 15.9. The molecule has 0 radical (unpaired) electrons. The summed E-state index contributed by atoms with van der Waals surface area (Å²) in [6, 6.07) is 0. The van der Waals surface area contributed by atoms with Crippen molar-refractivity contribution in [3.8, 4) is 0 Å². The number of amides is 2. The minimum absolute atomic E-state index is 0.0976. The van der Waals surface area contributed by atoms with Crippen LogP contribution < -0.4 is 11.5 Å². The molecule has 9 heteroatoms. The number of fused-ring (bicyclic) bond motifs is 1. The molecule has 1 aliphatic heterocycles. The molecule has 1 unspecified atom stereocenters. The van der Waals surface area contributed by atoms with Crippen molar-refractivity contribution in [2.75, 3.05) is 18.8 Å². The Hall–Kier alpha value is -2.71. The largest absolute Gasteiger partial charge is 0.382 e. The van der Waals surface area contributed by atoms with Gasteiger partial charge in [-0.15, -0.1) is 0 Å². The van der Waals surface area contributed by atoms with Crippen LogP contribution in [0.4, 0.5) is 5.82 Å². The molecular weight excluding hydrogens is 346 g/mol. The Bertz CT molecular complexity index is 845. The van der Waals surface area contributed by atoms with Gasteiger partial charge in [-0.2, -0.15) is 0 Å². The maximum Gasteiger partial charge on any atom is 0.224 e. The number of piperidine rings is 1. The molecule has 1 fully saturated rings. The summed E-state index contributed by atoms with van der Waals surface area (Å²) in [4.78, 5) is 38.5. The summed E-state index contributed by atoms with van der Waals surface area (Å²) >= 11 is 0. The van der Waals surface area contributed by atoms with Crippen molar-refractivity contribution in [3.05, 3.63) is 12.7 Å². The maximum atomic E-state index is 12.7. The zero-order valence-electron chi connectivity index (χ0n) is 15.9. The third-order valence-electron chi connectivity index (χ3n) is 5.33. The highest BCUT2D eigenvalue weighted by atomic mass is 16.2. The number of carbonyl (C=O) groups excluding carboxylic acids is 2. The van der Waals surface area contributed by atoms with Crippen LogP contribution in [0.25, 0.3) is 11.2 Å². The molecule has 146 valence electrons. The molecule has 3 heterocycles. The fraction of sp³-hybridized carbons (Fsp3) is 0.611. The zero-order chi connectivity index (χ0) is 19.6. The van der Waals surface area contributed by atoms with E-state index in [1.54, 1.807) is 6.33 Å². The fourth-order valence-corrected chi connectivity index (χ4v) is 3.72. The number of hydrogen-bond acceptors (Lipinski definition) is 6. The van der Waals surface area contributed by atoms with Crippen molar-refractivity contribution >= 4 is 28.8 Å². The van der Waals surface area contributed by atoms with Crippen LogP contribution in [0.2, 0.25) is 0 Å². The van der Waals surface area contributed by atoms with Crippen molar-refractivity contribution in [1.29, 1.82) is 0 Å². The normalized spacial score (nSPS) is 18.0. The second kappa shape index (κ2) is 7.50. The molecule has 0 aliphatic carbocycles. The average molecular weight is 373 g/mol. The minimum Gasteiger partial charge on any atom is -0.382 e. The van der Waals surface area contributed by atoms with Gasteiger partial charge in [0.1, 0.15) is 11.8 Å². The van der Waals surface area contributed by atoms with Gasteiger partial charge in [0, 0.05) is 31.5 Å². The highest BCUT2D eigenvalue weighted by Gasteiger charge is 2.32. The molecule has 9 nitrogen and oxygen atoms in total. The lowest BCUT2D eigenvalue weighted by Gasteiger charge is -2.36. The Morgan fingerprint density at radius 2 is 2.07 bits per heavy atom. The molecule has 1 atom stereocenters. The number of rotatable bonds is 6. The van der Waals surface area contributed by atoms with Gasteiger partial charge in [-0.05, 0) is 25.2 Å². The Morgan fingerprint density at radius 1 is 1.30 bits per heavy atom. The van der Waals surface area contributed by atoms with E-state index in [-0.39, 0.29) is 11.8 Å². The first kappa shape index (κ1) is 19.1. The lowest BCUT2D eigenvalue weighted by Crippen LogP contribution is -2.43. The minimum atomic E-state index is -0.550. The summed E-state index contributed by atoms with van der Waals surface area (Å²) in [6.45, 7) is 5.66. The van der Waals surface area contributed by atoms with Gasteiger partial charge in [0.25, 0.3) is 0 Å². The molecule has 2 aromatic heterocycles. The number of aromatic nitrogens is 4. The van der Waals surface area contributed by atoms with Gasteiger partial charge in [0.05, 0.1) is 6.33 Å². The smallest absolute Gasteiger partial charge is 0.224 e. The number of nitrogen functional groups attached to an aromatic ring is 1. The van der Waals surface area contributed by atoms with Crippen LogP contribution in [-0.2, 0) is 16.1 Å². The van der Waals surface area contributed by atoms with Crippen molar-refractivity contribution in [1.82, 2.24) is 24.4 Å². The molecule has 1 saturated heterocycles. The highest BCUT2D eigenvalue weighted by molar-refractivity contribution is 5.81.